The molecule has 4 heterocycles. The normalized spacial score (nSPS) is 12.3. The molecule has 33 heavy (non-hydrogen) atoms. The smallest absolute Gasteiger partial charge is 0.315 e. The monoisotopic (exact) mass is 443 g/mol. The van der Waals surface area contributed by atoms with Crippen molar-refractivity contribution >= 4 is 23.4 Å². The van der Waals surface area contributed by atoms with E-state index in [2.05, 4.69) is 30.7 Å². The maximum absolute atomic E-state index is 12.8. The summed E-state index contributed by atoms with van der Waals surface area (Å²) in [6, 6.07) is 9.96. The molecular weight excluding hydrogens is 426 g/mol. The standard InChI is InChI=1S/C22H17N7O4/c30-20-9-14-8-13(2-3-17(14)33-20)11-25-21(31)15-10-16(29-19(28-15)4-7-27-29)22(32)26-12-18-23-5-1-6-24-18/h1-8,10H,9,11-12H2,(H,25,31)(H,26,32). The Morgan fingerprint density at radius 2 is 1.82 bits per heavy atom. The first-order chi connectivity index (χ1) is 16.1. The van der Waals surface area contributed by atoms with Gasteiger partial charge in [0, 0.05) is 36.6 Å². The lowest BCUT2D eigenvalue weighted by atomic mass is 10.1. The molecule has 3 aromatic heterocycles. The van der Waals surface area contributed by atoms with Crippen LogP contribution in [0.2, 0.25) is 0 Å². The van der Waals surface area contributed by atoms with Crippen LogP contribution in [0.25, 0.3) is 5.65 Å². The first kappa shape index (κ1) is 20.2. The van der Waals surface area contributed by atoms with Gasteiger partial charge >= 0.3 is 5.97 Å². The minimum Gasteiger partial charge on any atom is -0.426 e. The Hall–Kier alpha value is -4.67. The lowest BCUT2D eigenvalue weighted by molar-refractivity contribution is -0.131. The maximum atomic E-state index is 12.8. The molecule has 0 unspecified atom stereocenters. The van der Waals surface area contributed by atoms with Gasteiger partial charge in [-0.1, -0.05) is 6.07 Å². The molecule has 11 nitrogen and oxygen atoms in total. The Morgan fingerprint density at radius 1 is 1.00 bits per heavy atom. The number of rotatable bonds is 6. The Balaban J connectivity index is 1.32. The van der Waals surface area contributed by atoms with E-state index >= 15 is 0 Å². The maximum Gasteiger partial charge on any atom is 0.315 e. The lowest BCUT2D eigenvalue weighted by Gasteiger charge is -2.10. The summed E-state index contributed by atoms with van der Waals surface area (Å²) in [4.78, 5) is 49.4. The number of hydrogen-bond donors (Lipinski definition) is 2. The SMILES string of the molecule is O=C1Cc2cc(CNC(=O)c3cc(C(=O)NCc4ncccn4)n4nccc4n3)ccc2O1. The molecule has 0 aliphatic carbocycles. The fraction of sp³-hybridized carbons (Fsp3) is 0.136. The average molecular weight is 443 g/mol. The van der Waals surface area contributed by atoms with Crippen molar-refractivity contribution in [2.75, 3.05) is 0 Å². The molecule has 5 rings (SSSR count). The van der Waals surface area contributed by atoms with Crippen LogP contribution in [-0.2, 0) is 24.3 Å². The van der Waals surface area contributed by atoms with E-state index in [0.29, 0.717) is 17.2 Å². The molecule has 11 heteroatoms. The highest BCUT2D eigenvalue weighted by Crippen LogP contribution is 2.26. The van der Waals surface area contributed by atoms with Crippen molar-refractivity contribution in [1.82, 2.24) is 35.2 Å². The Bertz CT molecular complexity index is 1380. The zero-order valence-electron chi connectivity index (χ0n) is 17.2. The van der Waals surface area contributed by atoms with E-state index in [4.69, 9.17) is 4.74 Å². The number of ether oxygens (including phenoxy) is 1. The molecule has 4 aromatic rings. The van der Waals surface area contributed by atoms with E-state index in [1.54, 1.807) is 36.7 Å². The minimum atomic E-state index is -0.452. The molecule has 1 aromatic carbocycles. The summed E-state index contributed by atoms with van der Waals surface area (Å²) in [6.45, 7) is 0.343. The Morgan fingerprint density at radius 3 is 2.67 bits per heavy atom. The zero-order chi connectivity index (χ0) is 22.8. The second kappa shape index (κ2) is 8.46. The molecule has 2 amide bonds. The van der Waals surface area contributed by atoms with Gasteiger partial charge in [-0.15, -0.1) is 0 Å². The van der Waals surface area contributed by atoms with E-state index in [1.165, 1.54) is 16.8 Å². The van der Waals surface area contributed by atoms with Gasteiger partial charge in [0.15, 0.2) is 5.65 Å². The molecule has 2 N–H and O–H groups in total. The third kappa shape index (κ3) is 4.24. The van der Waals surface area contributed by atoms with Crippen molar-refractivity contribution in [3.8, 4) is 5.75 Å². The summed E-state index contributed by atoms with van der Waals surface area (Å²) >= 11 is 0. The number of carbonyl (C=O) groups excluding carboxylic acids is 3. The number of hydrogen-bond acceptors (Lipinski definition) is 8. The van der Waals surface area contributed by atoms with E-state index in [-0.39, 0.29) is 36.9 Å². The molecule has 0 atom stereocenters. The van der Waals surface area contributed by atoms with Crippen LogP contribution in [-0.4, -0.2) is 42.3 Å². The van der Waals surface area contributed by atoms with Gasteiger partial charge in [0.05, 0.1) is 19.2 Å². The van der Waals surface area contributed by atoms with E-state index in [0.717, 1.165) is 11.1 Å². The molecule has 1 aliphatic heterocycles. The summed E-state index contributed by atoms with van der Waals surface area (Å²) in [5.41, 5.74) is 2.18. The largest absolute Gasteiger partial charge is 0.426 e. The van der Waals surface area contributed by atoms with E-state index in [1.807, 2.05) is 6.07 Å². The predicted octanol–water partition coefficient (Wildman–Crippen LogP) is 0.841. The van der Waals surface area contributed by atoms with Gasteiger partial charge in [-0.2, -0.15) is 5.10 Å². The fourth-order valence-electron chi connectivity index (χ4n) is 3.43. The van der Waals surface area contributed by atoms with Crippen LogP contribution in [0.15, 0.2) is 55.0 Å². The fourth-order valence-corrected chi connectivity index (χ4v) is 3.43. The summed E-state index contributed by atoms with van der Waals surface area (Å²) in [5.74, 6) is -0.201. The number of fused-ring (bicyclic) bond motifs is 2. The van der Waals surface area contributed by atoms with Crippen molar-refractivity contribution < 1.29 is 19.1 Å². The van der Waals surface area contributed by atoms with Crippen molar-refractivity contribution in [2.45, 2.75) is 19.5 Å². The van der Waals surface area contributed by atoms with Crippen LogP contribution in [0, 0.1) is 0 Å². The first-order valence-electron chi connectivity index (χ1n) is 10.1. The van der Waals surface area contributed by atoms with Gasteiger partial charge in [-0.3, -0.25) is 14.4 Å². The van der Waals surface area contributed by atoms with Gasteiger partial charge in [-0.05, 0) is 23.8 Å². The number of nitrogens with zero attached hydrogens (tertiary/aromatic N) is 5. The van der Waals surface area contributed by atoms with Crippen molar-refractivity contribution in [2.24, 2.45) is 0 Å². The summed E-state index contributed by atoms with van der Waals surface area (Å²) < 4.78 is 6.44. The number of nitrogens with one attached hydrogen (secondary N) is 2. The molecule has 0 saturated heterocycles. The van der Waals surface area contributed by atoms with Crippen LogP contribution in [0.5, 0.6) is 5.75 Å². The van der Waals surface area contributed by atoms with Crippen molar-refractivity contribution in [3.63, 3.8) is 0 Å². The molecule has 0 bridgehead atoms. The van der Waals surface area contributed by atoms with Crippen LogP contribution >= 0.6 is 0 Å². The summed E-state index contributed by atoms with van der Waals surface area (Å²) in [5, 5.41) is 9.63. The number of carbonyl (C=O) groups is 3. The quantitative estimate of drug-likeness (QED) is 0.330. The highest BCUT2D eigenvalue weighted by molar-refractivity contribution is 5.98. The molecule has 1 aliphatic rings. The summed E-state index contributed by atoms with van der Waals surface area (Å²) in [6.07, 6.45) is 4.87. The highest BCUT2D eigenvalue weighted by Gasteiger charge is 2.21. The molecular formula is C22H17N7O4. The van der Waals surface area contributed by atoms with Gasteiger partial charge in [0.25, 0.3) is 11.8 Å². The van der Waals surface area contributed by atoms with E-state index < -0.39 is 11.8 Å². The average Bonchev–Trinajstić information content (AvgIpc) is 3.46. The van der Waals surface area contributed by atoms with E-state index in [9.17, 15) is 14.4 Å². The third-order valence-electron chi connectivity index (χ3n) is 4.99. The van der Waals surface area contributed by atoms with Crippen LogP contribution in [0.1, 0.15) is 37.9 Å². The molecule has 0 radical (unpaired) electrons. The van der Waals surface area contributed by atoms with Gasteiger partial charge in [-0.25, -0.2) is 19.5 Å². The Kier molecular flexibility index (Phi) is 5.19. The number of aromatic nitrogens is 5. The van der Waals surface area contributed by atoms with Gasteiger partial charge in [0.1, 0.15) is 23.0 Å². The van der Waals surface area contributed by atoms with Crippen LogP contribution < -0.4 is 15.4 Å². The van der Waals surface area contributed by atoms with Crippen molar-refractivity contribution in [3.05, 3.63) is 83.3 Å². The molecule has 0 saturated carbocycles. The second-order valence-corrected chi connectivity index (χ2v) is 7.25. The second-order valence-electron chi connectivity index (χ2n) is 7.25. The topological polar surface area (TPSA) is 140 Å². The van der Waals surface area contributed by atoms with Gasteiger partial charge in [0.2, 0.25) is 0 Å². The molecule has 164 valence electrons. The zero-order valence-corrected chi connectivity index (χ0v) is 17.2. The number of amides is 2. The molecule has 0 fully saturated rings. The summed E-state index contributed by atoms with van der Waals surface area (Å²) in [7, 11) is 0. The predicted molar refractivity (Wildman–Crippen MR) is 113 cm³/mol. The number of esters is 1. The third-order valence-corrected chi connectivity index (χ3v) is 4.99. The minimum absolute atomic E-state index is 0.0729. The Labute approximate surface area is 186 Å². The number of benzene rings is 1. The first-order valence-corrected chi connectivity index (χ1v) is 10.1. The molecule has 0 spiro atoms. The van der Waals surface area contributed by atoms with Crippen LogP contribution in [0.3, 0.4) is 0 Å². The van der Waals surface area contributed by atoms with Gasteiger partial charge < -0.3 is 15.4 Å². The highest BCUT2D eigenvalue weighted by atomic mass is 16.5. The lowest BCUT2D eigenvalue weighted by Crippen LogP contribution is -2.29. The van der Waals surface area contributed by atoms with Crippen LogP contribution in [0.4, 0.5) is 0 Å². The van der Waals surface area contributed by atoms with Crippen molar-refractivity contribution in [1.29, 1.82) is 0 Å².